The molecule has 1 aliphatic carbocycles. The van der Waals surface area contributed by atoms with E-state index >= 15 is 0 Å². The molecule has 6 nitrogen and oxygen atoms in total. The minimum Gasteiger partial charge on any atom is -0.496 e. The smallest absolute Gasteiger partial charge is 0.410 e. The third kappa shape index (κ3) is 3.77. The molecule has 1 aromatic rings. The molecule has 1 aromatic carbocycles. The molecule has 142 valence electrons. The fraction of sp³-hybridized carbons (Fsp3) is 0.579. The average molecular weight is 472 g/mol. The van der Waals surface area contributed by atoms with Crippen molar-refractivity contribution in [2.45, 2.75) is 44.8 Å². The number of piperazine rings is 1. The molecule has 2 fully saturated rings. The number of carbonyl (C=O) groups is 2. The molecule has 3 rings (SSSR count). The summed E-state index contributed by atoms with van der Waals surface area (Å²) in [6, 6.07) is 5.60. The first-order chi connectivity index (χ1) is 12.2. The second kappa shape index (κ2) is 6.90. The normalized spacial score (nSPS) is 18.7. The van der Waals surface area contributed by atoms with Crippen molar-refractivity contribution in [1.29, 1.82) is 0 Å². The third-order valence-electron chi connectivity index (χ3n) is 4.78. The molecule has 2 aliphatic rings. The maximum absolute atomic E-state index is 13.3. The van der Waals surface area contributed by atoms with Crippen LogP contribution < -0.4 is 4.74 Å². The van der Waals surface area contributed by atoms with Gasteiger partial charge in [0.05, 0.1) is 18.2 Å². The summed E-state index contributed by atoms with van der Waals surface area (Å²) in [4.78, 5) is 29.3. The molecule has 0 radical (unpaired) electrons. The second-order valence-corrected chi connectivity index (χ2v) is 9.06. The quantitative estimate of drug-likeness (QED) is 0.619. The average Bonchev–Trinajstić information content (AvgIpc) is 3.31. The van der Waals surface area contributed by atoms with Crippen LogP contribution >= 0.6 is 22.6 Å². The largest absolute Gasteiger partial charge is 0.496 e. The molecule has 0 atom stereocenters. The lowest BCUT2D eigenvalue weighted by atomic mass is 10.1. The highest BCUT2D eigenvalue weighted by atomic mass is 127. The highest BCUT2D eigenvalue weighted by Crippen LogP contribution is 2.45. The summed E-state index contributed by atoms with van der Waals surface area (Å²) in [7, 11) is 1.58. The number of carbonyl (C=O) groups excluding carboxylic acids is 2. The van der Waals surface area contributed by atoms with Crippen LogP contribution in [0.3, 0.4) is 0 Å². The van der Waals surface area contributed by atoms with E-state index in [4.69, 9.17) is 9.47 Å². The Morgan fingerprint density at radius 1 is 1.19 bits per heavy atom. The van der Waals surface area contributed by atoms with Crippen LogP contribution in [0.25, 0.3) is 0 Å². The zero-order valence-electron chi connectivity index (χ0n) is 15.7. The van der Waals surface area contributed by atoms with E-state index in [1.807, 2.05) is 43.9 Å². The van der Waals surface area contributed by atoms with Gasteiger partial charge in [0.15, 0.2) is 0 Å². The van der Waals surface area contributed by atoms with Gasteiger partial charge in [-0.3, -0.25) is 4.79 Å². The minimum atomic E-state index is -0.520. The topological polar surface area (TPSA) is 59.1 Å². The molecule has 2 amide bonds. The van der Waals surface area contributed by atoms with Crippen molar-refractivity contribution in [3.8, 4) is 5.75 Å². The SMILES string of the molecule is COc1cccc(I)c1C(=O)N1CCN(C(=O)OC(C)(C)C)CC12CC2. The number of methoxy groups -OCH3 is 1. The second-order valence-electron chi connectivity index (χ2n) is 7.90. The minimum absolute atomic E-state index is 0.0202. The van der Waals surface area contributed by atoms with E-state index < -0.39 is 5.60 Å². The Morgan fingerprint density at radius 3 is 2.46 bits per heavy atom. The summed E-state index contributed by atoms with van der Waals surface area (Å²) in [5.41, 5.74) is -0.183. The van der Waals surface area contributed by atoms with Crippen LogP contribution in [0.5, 0.6) is 5.75 Å². The summed E-state index contributed by atoms with van der Waals surface area (Å²) in [6.07, 6.45) is 1.51. The van der Waals surface area contributed by atoms with Crippen molar-refractivity contribution in [3.63, 3.8) is 0 Å². The monoisotopic (exact) mass is 472 g/mol. The molecule has 1 aliphatic heterocycles. The molecule has 1 saturated heterocycles. The van der Waals surface area contributed by atoms with Crippen LogP contribution in [-0.2, 0) is 4.74 Å². The summed E-state index contributed by atoms with van der Waals surface area (Å²) in [5, 5.41) is 0. The third-order valence-corrected chi connectivity index (χ3v) is 5.68. The number of ether oxygens (including phenoxy) is 2. The lowest BCUT2D eigenvalue weighted by Crippen LogP contribution is -2.58. The summed E-state index contributed by atoms with van der Waals surface area (Å²) < 4.78 is 11.8. The van der Waals surface area contributed by atoms with Gasteiger partial charge in [-0.05, 0) is 68.3 Å². The number of nitrogens with zero attached hydrogens (tertiary/aromatic N) is 2. The van der Waals surface area contributed by atoms with Gasteiger partial charge in [-0.25, -0.2) is 4.79 Å². The van der Waals surface area contributed by atoms with Crippen LogP contribution in [0.1, 0.15) is 44.0 Å². The van der Waals surface area contributed by atoms with Crippen molar-refractivity contribution < 1.29 is 19.1 Å². The van der Waals surface area contributed by atoms with Gasteiger partial charge in [0.1, 0.15) is 11.4 Å². The van der Waals surface area contributed by atoms with Gasteiger partial charge in [-0.1, -0.05) is 6.07 Å². The number of rotatable bonds is 2. The fourth-order valence-electron chi connectivity index (χ4n) is 3.37. The Kier molecular flexibility index (Phi) is 5.11. The molecule has 7 heteroatoms. The molecule has 1 heterocycles. The molecular formula is C19H25IN2O4. The van der Waals surface area contributed by atoms with Gasteiger partial charge in [0.2, 0.25) is 0 Å². The summed E-state index contributed by atoms with van der Waals surface area (Å²) in [5.74, 6) is 0.570. The van der Waals surface area contributed by atoms with Crippen molar-refractivity contribution in [3.05, 3.63) is 27.3 Å². The van der Waals surface area contributed by atoms with Crippen molar-refractivity contribution in [1.82, 2.24) is 9.80 Å². The molecular weight excluding hydrogens is 447 g/mol. The molecule has 1 saturated carbocycles. The maximum Gasteiger partial charge on any atom is 0.410 e. The zero-order chi connectivity index (χ0) is 19.1. The van der Waals surface area contributed by atoms with E-state index in [-0.39, 0.29) is 17.5 Å². The standard InChI is InChI=1S/C19H25IN2O4/c1-18(2,3)26-17(24)21-10-11-22(19(12-21)8-9-19)16(23)15-13(20)6-5-7-14(15)25-4/h5-7H,8-12H2,1-4H3. The number of benzene rings is 1. The first-order valence-electron chi connectivity index (χ1n) is 8.79. The summed E-state index contributed by atoms with van der Waals surface area (Å²) in [6.45, 7) is 7.10. The lowest BCUT2D eigenvalue weighted by Gasteiger charge is -2.42. The number of amides is 2. The van der Waals surface area contributed by atoms with Gasteiger partial charge >= 0.3 is 6.09 Å². The maximum atomic E-state index is 13.3. The van der Waals surface area contributed by atoms with E-state index in [1.54, 1.807) is 12.0 Å². The van der Waals surface area contributed by atoms with E-state index in [0.29, 0.717) is 30.9 Å². The van der Waals surface area contributed by atoms with Gasteiger partial charge in [0.25, 0.3) is 5.91 Å². The van der Waals surface area contributed by atoms with Gasteiger partial charge < -0.3 is 19.3 Å². The van der Waals surface area contributed by atoms with Crippen LogP contribution in [-0.4, -0.2) is 59.7 Å². The Hall–Kier alpha value is -1.51. The van der Waals surface area contributed by atoms with Crippen LogP contribution in [0, 0.1) is 3.57 Å². The predicted molar refractivity (Wildman–Crippen MR) is 107 cm³/mol. The Bertz CT molecular complexity index is 725. The number of halogens is 1. The van der Waals surface area contributed by atoms with E-state index in [0.717, 1.165) is 16.4 Å². The van der Waals surface area contributed by atoms with Crippen molar-refractivity contribution in [2.24, 2.45) is 0 Å². The Labute approximate surface area is 167 Å². The van der Waals surface area contributed by atoms with E-state index in [9.17, 15) is 9.59 Å². The molecule has 0 aromatic heterocycles. The highest BCUT2D eigenvalue weighted by molar-refractivity contribution is 14.1. The van der Waals surface area contributed by atoms with E-state index in [1.165, 1.54) is 0 Å². The summed E-state index contributed by atoms with van der Waals surface area (Å²) >= 11 is 2.17. The predicted octanol–water partition coefficient (Wildman–Crippen LogP) is 3.53. The molecule has 26 heavy (non-hydrogen) atoms. The van der Waals surface area contributed by atoms with Gasteiger partial charge in [-0.15, -0.1) is 0 Å². The number of hydrogen-bond acceptors (Lipinski definition) is 4. The fourth-order valence-corrected chi connectivity index (χ4v) is 4.07. The zero-order valence-corrected chi connectivity index (χ0v) is 17.8. The van der Waals surface area contributed by atoms with Gasteiger partial charge in [-0.2, -0.15) is 0 Å². The molecule has 0 bridgehead atoms. The Balaban J connectivity index is 1.78. The number of hydrogen-bond donors (Lipinski definition) is 0. The van der Waals surface area contributed by atoms with Crippen LogP contribution in [0.15, 0.2) is 18.2 Å². The molecule has 1 spiro atoms. The van der Waals surface area contributed by atoms with Crippen LogP contribution in [0.4, 0.5) is 4.79 Å². The van der Waals surface area contributed by atoms with Crippen molar-refractivity contribution in [2.75, 3.05) is 26.7 Å². The van der Waals surface area contributed by atoms with Crippen LogP contribution in [0.2, 0.25) is 0 Å². The van der Waals surface area contributed by atoms with E-state index in [2.05, 4.69) is 22.6 Å². The van der Waals surface area contributed by atoms with Crippen molar-refractivity contribution >= 4 is 34.6 Å². The van der Waals surface area contributed by atoms with Gasteiger partial charge in [0, 0.05) is 23.2 Å². The molecule has 0 N–H and O–H groups in total. The molecule has 0 unspecified atom stereocenters. The first-order valence-corrected chi connectivity index (χ1v) is 9.87. The first kappa shape index (κ1) is 19.3. The highest BCUT2D eigenvalue weighted by Gasteiger charge is 2.54. The lowest BCUT2D eigenvalue weighted by molar-refractivity contribution is 0.000533. The Morgan fingerprint density at radius 2 is 1.88 bits per heavy atom.